The lowest BCUT2D eigenvalue weighted by atomic mass is 9.77. The first kappa shape index (κ1) is 9.73. The van der Waals surface area contributed by atoms with E-state index in [0.717, 1.165) is 6.42 Å². The molecular formula is C12H15NS. The zero-order chi connectivity index (χ0) is 9.80. The maximum absolute atomic E-state index is 8.79. The van der Waals surface area contributed by atoms with Crippen molar-refractivity contribution in [1.82, 2.24) is 0 Å². The third kappa shape index (κ3) is 1.99. The van der Waals surface area contributed by atoms with Crippen LogP contribution in [0.3, 0.4) is 0 Å². The molecule has 0 aromatic carbocycles. The Labute approximate surface area is 89.4 Å². The second-order valence-electron chi connectivity index (χ2n) is 4.03. The van der Waals surface area contributed by atoms with Crippen molar-refractivity contribution < 1.29 is 0 Å². The predicted octanol–water partition coefficient (Wildman–Crippen LogP) is 3.94. The van der Waals surface area contributed by atoms with Crippen LogP contribution in [0.15, 0.2) is 17.5 Å². The van der Waals surface area contributed by atoms with Gasteiger partial charge in [-0.05, 0) is 36.1 Å². The van der Waals surface area contributed by atoms with E-state index in [1.54, 1.807) is 0 Å². The Kier molecular flexibility index (Phi) is 3.21. The van der Waals surface area contributed by atoms with Crippen LogP contribution in [0.1, 0.15) is 42.9 Å². The van der Waals surface area contributed by atoms with Crippen molar-refractivity contribution in [2.75, 3.05) is 0 Å². The molecule has 0 aliphatic heterocycles. The summed E-state index contributed by atoms with van der Waals surface area (Å²) in [7, 11) is 0. The molecule has 1 aliphatic rings. The van der Waals surface area contributed by atoms with Crippen LogP contribution in [0.5, 0.6) is 0 Å². The summed E-state index contributed by atoms with van der Waals surface area (Å²) >= 11 is 1.85. The van der Waals surface area contributed by atoms with E-state index in [-0.39, 0.29) is 0 Å². The average molecular weight is 205 g/mol. The molecule has 1 aromatic heterocycles. The molecule has 0 amide bonds. The smallest absolute Gasteiger partial charge is 0.0624 e. The van der Waals surface area contributed by atoms with Crippen LogP contribution in [-0.2, 0) is 0 Å². The molecule has 74 valence electrons. The molecule has 1 aliphatic carbocycles. The van der Waals surface area contributed by atoms with E-state index in [2.05, 4.69) is 23.6 Å². The van der Waals surface area contributed by atoms with Crippen molar-refractivity contribution in [3.8, 4) is 6.07 Å². The van der Waals surface area contributed by atoms with Gasteiger partial charge >= 0.3 is 0 Å². The van der Waals surface area contributed by atoms with Gasteiger partial charge in [0.05, 0.1) is 6.07 Å². The maximum Gasteiger partial charge on any atom is 0.0624 e. The summed E-state index contributed by atoms with van der Waals surface area (Å²) in [4.78, 5) is 1.49. The van der Waals surface area contributed by atoms with Gasteiger partial charge in [-0.25, -0.2) is 0 Å². The summed E-state index contributed by atoms with van der Waals surface area (Å²) in [5, 5.41) is 10.9. The van der Waals surface area contributed by atoms with Crippen LogP contribution < -0.4 is 0 Å². The highest BCUT2D eigenvalue weighted by molar-refractivity contribution is 7.10. The van der Waals surface area contributed by atoms with Gasteiger partial charge in [0.25, 0.3) is 0 Å². The molecule has 0 N–H and O–H groups in total. The highest BCUT2D eigenvalue weighted by Crippen LogP contribution is 2.40. The van der Waals surface area contributed by atoms with Crippen LogP contribution in [0.2, 0.25) is 0 Å². The van der Waals surface area contributed by atoms with Gasteiger partial charge in [-0.15, -0.1) is 11.3 Å². The van der Waals surface area contributed by atoms with Gasteiger partial charge in [-0.3, -0.25) is 0 Å². The quantitative estimate of drug-likeness (QED) is 0.717. The van der Waals surface area contributed by atoms with Crippen LogP contribution in [0, 0.1) is 17.2 Å². The van der Waals surface area contributed by atoms with E-state index >= 15 is 0 Å². The van der Waals surface area contributed by atoms with E-state index in [0.29, 0.717) is 11.8 Å². The molecule has 0 radical (unpaired) electrons. The van der Waals surface area contributed by atoms with Crippen molar-refractivity contribution in [2.45, 2.75) is 38.0 Å². The molecule has 2 atom stereocenters. The molecule has 0 saturated heterocycles. The van der Waals surface area contributed by atoms with Gasteiger partial charge in [0, 0.05) is 11.3 Å². The standard InChI is InChI=1S/C12H15NS/c13-8-7-10-4-1-2-5-11(10)12-6-3-9-14-12/h3,6,9-11H,1-2,4-5,7H2. The van der Waals surface area contributed by atoms with Crippen LogP contribution in [0.25, 0.3) is 0 Å². The maximum atomic E-state index is 8.79. The third-order valence-electron chi connectivity index (χ3n) is 3.17. The molecule has 1 nitrogen and oxygen atoms in total. The Morgan fingerprint density at radius 1 is 1.43 bits per heavy atom. The molecule has 2 heteroatoms. The van der Waals surface area contributed by atoms with Gasteiger partial charge < -0.3 is 0 Å². The lowest BCUT2D eigenvalue weighted by Gasteiger charge is -2.29. The van der Waals surface area contributed by atoms with Gasteiger partial charge in [-0.2, -0.15) is 5.26 Å². The first-order chi connectivity index (χ1) is 6.92. The minimum Gasteiger partial charge on any atom is -0.198 e. The average Bonchev–Trinajstić information content (AvgIpc) is 2.72. The second kappa shape index (κ2) is 4.61. The fraction of sp³-hybridized carbons (Fsp3) is 0.583. The van der Waals surface area contributed by atoms with Gasteiger partial charge in [-0.1, -0.05) is 18.9 Å². The Bertz CT molecular complexity index is 310. The van der Waals surface area contributed by atoms with E-state index in [1.807, 2.05) is 11.3 Å². The van der Waals surface area contributed by atoms with Crippen molar-refractivity contribution in [2.24, 2.45) is 5.92 Å². The van der Waals surface area contributed by atoms with Crippen LogP contribution in [-0.4, -0.2) is 0 Å². The van der Waals surface area contributed by atoms with Crippen molar-refractivity contribution in [1.29, 1.82) is 5.26 Å². The van der Waals surface area contributed by atoms with Gasteiger partial charge in [0.15, 0.2) is 0 Å². The van der Waals surface area contributed by atoms with E-state index in [1.165, 1.54) is 30.6 Å². The predicted molar refractivity (Wildman–Crippen MR) is 59.2 cm³/mol. The molecule has 1 saturated carbocycles. The molecule has 0 bridgehead atoms. The number of thiophene rings is 1. The van der Waals surface area contributed by atoms with Crippen molar-refractivity contribution in [3.05, 3.63) is 22.4 Å². The Morgan fingerprint density at radius 3 is 3.00 bits per heavy atom. The van der Waals surface area contributed by atoms with Crippen LogP contribution in [0.4, 0.5) is 0 Å². The minimum absolute atomic E-state index is 0.618. The Hall–Kier alpha value is -0.810. The molecule has 1 heterocycles. The fourth-order valence-electron chi connectivity index (χ4n) is 2.45. The highest BCUT2D eigenvalue weighted by atomic mass is 32.1. The van der Waals surface area contributed by atoms with E-state index in [4.69, 9.17) is 5.26 Å². The molecular weight excluding hydrogens is 190 g/mol. The summed E-state index contributed by atoms with van der Waals surface area (Å²) in [6, 6.07) is 6.68. The lowest BCUT2D eigenvalue weighted by molar-refractivity contribution is 0.315. The summed E-state index contributed by atoms with van der Waals surface area (Å²) in [5.41, 5.74) is 0. The zero-order valence-corrected chi connectivity index (χ0v) is 9.09. The normalized spacial score (nSPS) is 27.1. The Morgan fingerprint density at radius 2 is 2.29 bits per heavy atom. The Balaban J connectivity index is 2.11. The van der Waals surface area contributed by atoms with Crippen molar-refractivity contribution in [3.63, 3.8) is 0 Å². The first-order valence-electron chi connectivity index (χ1n) is 5.32. The monoisotopic (exact) mass is 205 g/mol. The minimum atomic E-state index is 0.618. The number of hydrogen-bond donors (Lipinski definition) is 0. The molecule has 1 fully saturated rings. The topological polar surface area (TPSA) is 23.8 Å². The first-order valence-corrected chi connectivity index (χ1v) is 6.20. The summed E-state index contributed by atoms with van der Waals surface area (Å²) in [5.74, 6) is 1.29. The van der Waals surface area contributed by atoms with Crippen molar-refractivity contribution >= 4 is 11.3 Å². The number of nitriles is 1. The molecule has 14 heavy (non-hydrogen) atoms. The van der Waals surface area contributed by atoms with Gasteiger partial charge in [0.1, 0.15) is 0 Å². The van der Waals surface area contributed by atoms with Gasteiger partial charge in [0.2, 0.25) is 0 Å². The molecule has 0 spiro atoms. The number of hydrogen-bond acceptors (Lipinski definition) is 2. The lowest BCUT2D eigenvalue weighted by Crippen LogP contribution is -2.16. The third-order valence-corrected chi connectivity index (χ3v) is 4.18. The molecule has 1 aromatic rings. The fourth-order valence-corrected chi connectivity index (χ4v) is 3.40. The summed E-state index contributed by atoms with van der Waals surface area (Å²) in [6.07, 6.45) is 5.92. The van der Waals surface area contributed by atoms with E-state index in [9.17, 15) is 0 Å². The van der Waals surface area contributed by atoms with E-state index < -0.39 is 0 Å². The number of nitrogens with zero attached hydrogens (tertiary/aromatic N) is 1. The number of rotatable bonds is 2. The van der Waals surface area contributed by atoms with Crippen LogP contribution >= 0.6 is 11.3 Å². The largest absolute Gasteiger partial charge is 0.198 e. The summed E-state index contributed by atoms with van der Waals surface area (Å²) < 4.78 is 0. The highest BCUT2D eigenvalue weighted by Gasteiger charge is 2.26. The molecule has 2 rings (SSSR count). The zero-order valence-electron chi connectivity index (χ0n) is 8.28. The second-order valence-corrected chi connectivity index (χ2v) is 5.01. The SMILES string of the molecule is N#CCC1CCCCC1c1cccs1. The molecule has 2 unspecified atom stereocenters. The summed E-state index contributed by atoms with van der Waals surface area (Å²) in [6.45, 7) is 0.